The molecule has 3 N–H and O–H groups in total. The van der Waals surface area contributed by atoms with Crippen LogP contribution in [0.5, 0.6) is 0 Å². The van der Waals surface area contributed by atoms with E-state index in [0.29, 0.717) is 15.0 Å². The molecule has 0 spiro atoms. The maximum absolute atomic E-state index is 12.7. The van der Waals surface area contributed by atoms with Crippen LogP contribution >= 0.6 is 22.9 Å². The molecule has 0 aliphatic carbocycles. The number of nitrogens with two attached hydrogens (primary N) is 1. The number of hydrogen-bond donors (Lipinski definition) is 2. The summed E-state index contributed by atoms with van der Waals surface area (Å²) in [5.41, 5.74) is 8.23. The third kappa shape index (κ3) is 4.34. The summed E-state index contributed by atoms with van der Waals surface area (Å²) in [6, 6.07) is 11.5. The Bertz CT molecular complexity index is 1010. The van der Waals surface area contributed by atoms with Crippen molar-refractivity contribution in [3.05, 3.63) is 58.2 Å². The Balaban J connectivity index is 1.47. The molecule has 0 unspecified atom stereocenters. The number of benzene rings is 1. The van der Waals surface area contributed by atoms with E-state index in [4.69, 9.17) is 17.3 Å². The van der Waals surface area contributed by atoms with Crippen molar-refractivity contribution < 1.29 is 4.79 Å². The van der Waals surface area contributed by atoms with Crippen LogP contribution in [0.1, 0.15) is 15.4 Å². The van der Waals surface area contributed by atoms with E-state index in [0.717, 1.165) is 31.9 Å². The van der Waals surface area contributed by atoms with Gasteiger partial charge in [0.1, 0.15) is 16.4 Å². The predicted octanol–water partition coefficient (Wildman–Crippen LogP) is 3.50. The lowest BCUT2D eigenvalue weighted by Gasteiger charge is -2.34. The summed E-state index contributed by atoms with van der Waals surface area (Å²) in [6.45, 7) is 4.17. The fraction of sp³-hybridized carbons (Fsp3) is 0.250. The van der Waals surface area contributed by atoms with Crippen molar-refractivity contribution in [2.75, 3.05) is 49.2 Å². The highest BCUT2D eigenvalue weighted by Crippen LogP contribution is 2.31. The van der Waals surface area contributed by atoms with Gasteiger partial charge in [0.05, 0.1) is 5.02 Å². The standard InChI is InChI=1S/C20H21ClN6OS/c1-26-9-11-27(12-10-26)14-6-4-13(5-7-14)24-20-25-19(22)18(29-20)17(28)16-15(21)3-2-8-23-16/h2-8H,9-12,22H2,1H3,(H,24,25). The number of nitrogens with one attached hydrogen (secondary N) is 1. The molecule has 0 radical (unpaired) electrons. The third-order valence-electron chi connectivity index (χ3n) is 4.82. The zero-order valence-corrected chi connectivity index (χ0v) is 17.5. The second-order valence-corrected chi connectivity index (χ2v) is 8.26. The Kier molecular flexibility index (Phi) is 5.66. The van der Waals surface area contributed by atoms with Gasteiger partial charge >= 0.3 is 0 Å². The molecule has 1 saturated heterocycles. The number of hydrogen-bond acceptors (Lipinski definition) is 8. The van der Waals surface area contributed by atoms with Crippen LogP contribution in [0.3, 0.4) is 0 Å². The lowest BCUT2D eigenvalue weighted by Crippen LogP contribution is -2.44. The van der Waals surface area contributed by atoms with Crippen LogP contribution in [0.15, 0.2) is 42.6 Å². The van der Waals surface area contributed by atoms with Crippen LogP contribution in [0, 0.1) is 0 Å². The molecular formula is C20H21ClN6OS. The molecule has 4 rings (SSSR count). The summed E-state index contributed by atoms with van der Waals surface area (Å²) >= 11 is 7.27. The Morgan fingerprint density at radius 3 is 2.59 bits per heavy atom. The molecule has 2 aromatic heterocycles. The number of anilines is 4. The number of carbonyl (C=O) groups is 1. The first kappa shape index (κ1) is 19.6. The average Bonchev–Trinajstić information content (AvgIpc) is 3.09. The van der Waals surface area contributed by atoms with E-state index in [1.165, 1.54) is 23.2 Å². The number of thiazole rings is 1. The minimum Gasteiger partial charge on any atom is -0.382 e. The number of aromatic nitrogens is 2. The van der Waals surface area contributed by atoms with Crippen LogP contribution in [-0.4, -0.2) is 53.9 Å². The molecule has 0 bridgehead atoms. The van der Waals surface area contributed by atoms with Gasteiger partial charge in [-0.15, -0.1) is 0 Å². The van der Waals surface area contributed by atoms with Crippen molar-refractivity contribution in [3.63, 3.8) is 0 Å². The molecule has 150 valence electrons. The number of nitrogens with zero attached hydrogens (tertiary/aromatic N) is 4. The zero-order valence-electron chi connectivity index (χ0n) is 15.9. The minimum absolute atomic E-state index is 0.165. The Hall–Kier alpha value is -2.68. The number of pyridine rings is 1. The van der Waals surface area contributed by atoms with E-state index in [1.54, 1.807) is 12.1 Å². The number of likely N-dealkylation sites (N-methyl/N-ethyl adjacent to an activating group) is 1. The molecule has 0 amide bonds. The van der Waals surface area contributed by atoms with E-state index >= 15 is 0 Å². The van der Waals surface area contributed by atoms with Gasteiger partial charge in [-0.2, -0.15) is 0 Å². The summed E-state index contributed by atoms with van der Waals surface area (Å²) in [5.74, 6) is -0.164. The highest BCUT2D eigenvalue weighted by molar-refractivity contribution is 7.18. The van der Waals surface area contributed by atoms with Crippen LogP contribution < -0.4 is 16.0 Å². The van der Waals surface area contributed by atoms with Gasteiger partial charge < -0.3 is 20.9 Å². The van der Waals surface area contributed by atoms with Gasteiger partial charge in [0.15, 0.2) is 5.13 Å². The summed E-state index contributed by atoms with van der Waals surface area (Å²) in [4.78, 5) is 26.1. The summed E-state index contributed by atoms with van der Waals surface area (Å²) in [5, 5.41) is 4.06. The van der Waals surface area contributed by atoms with Gasteiger partial charge in [-0.1, -0.05) is 22.9 Å². The van der Waals surface area contributed by atoms with Crippen molar-refractivity contribution in [3.8, 4) is 0 Å². The average molecular weight is 429 g/mol. The molecule has 1 fully saturated rings. The van der Waals surface area contributed by atoms with Gasteiger partial charge in [-0.25, -0.2) is 4.98 Å². The van der Waals surface area contributed by atoms with Gasteiger partial charge in [0, 0.05) is 43.8 Å². The monoisotopic (exact) mass is 428 g/mol. The number of nitrogen functional groups attached to an aromatic ring is 1. The topological polar surface area (TPSA) is 87.4 Å². The van der Waals surface area contributed by atoms with Crippen LogP contribution in [-0.2, 0) is 0 Å². The first-order valence-corrected chi connectivity index (χ1v) is 10.4. The number of piperazine rings is 1. The minimum atomic E-state index is -0.330. The predicted molar refractivity (Wildman–Crippen MR) is 119 cm³/mol. The molecule has 3 aromatic rings. The molecule has 0 atom stereocenters. The van der Waals surface area contributed by atoms with E-state index in [9.17, 15) is 4.79 Å². The second kappa shape index (κ2) is 8.36. The van der Waals surface area contributed by atoms with Crippen molar-refractivity contribution in [2.24, 2.45) is 0 Å². The molecule has 1 aliphatic rings. The van der Waals surface area contributed by atoms with E-state index < -0.39 is 0 Å². The first-order valence-electron chi connectivity index (χ1n) is 9.23. The maximum Gasteiger partial charge on any atom is 0.226 e. The van der Waals surface area contributed by atoms with Crippen LogP contribution in [0.4, 0.5) is 22.3 Å². The van der Waals surface area contributed by atoms with Crippen molar-refractivity contribution in [1.29, 1.82) is 0 Å². The summed E-state index contributed by atoms with van der Waals surface area (Å²) in [7, 11) is 2.14. The van der Waals surface area contributed by atoms with Crippen molar-refractivity contribution in [2.45, 2.75) is 0 Å². The Labute approximate surface area is 178 Å². The van der Waals surface area contributed by atoms with E-state index in [1.807, 2.05) is 12.1 Å². The molecule has 29 heavy (non-hydrogen) atoms. The lowest BCUT2D eigenvalue weighted by molar-refractivity contribution is 0.103. The van der Waals surface area contributed by atoms with Crippen molar-refractivity contribution in [1.82, 2.24) is 14.9 Å². The van der Waals surface area contributed by atoms with Crippen LogP contribution in [0.25, 0.3) is 0 Å². The first-order chi connectivity index (χ1) is 14.0. The Morgan fingerprint density at radius 1 is 1.17 bits per heavy atom. The largest absolute Gasteiger partial charge is 0.382 e. The molecule has 1 aromatic carbocycles. The number of halogens is 1. The fourth-order valence-corrected chi connectivity index (χ4v) is 4.21. The zero-order chi connectivity index (χ0) is 20.4. The fourth-order valence-electron chi connectivity index (χ4n) is 3.15. The molecule has 7 nitrogen and oxygen atoms in total. The molecule has 0 saturated carbocycles. The number of ketones is 1. The number of carbonyl (C=O) groups excluding carboxylic acids is 1. The highest BCUT2D eigenvalue weighted by atomic mass is 35.5. The van der Waals surface area contributed by atoms with Crippen molar-refractivity contribution >= 4 is 51.0 Å². The molecular weight excluding hydrogens is 408 g/mol. The summed E-state index contributed by atoms with van der Waals surface area (Å²) < 4.78 is 0. The smallest absolute Gasteiger partial charge is 0.226 e. The summed E-state index contributed by atoms with van der Waals surface area (Å²) in [6.07, 6.45) is 1.53. The quantitative estimate of drug-likeness (QED) is 0.601. The van der Waals surface area contributed by atoms with E-state index in [-0.39, 0.29) is 17.3 Å². The van der Waals surface area contributed by atoms with Gasteiger partial charge in [-0.3, -0.25) is 9.78 Å². The van der Waals surface area contributed by atoms with E-state index in [2.05, 4.69) is 44.3 Å². The number of rotatable bonds is 5. The molecule has 1 aliphatic heterocycles. The normalized spacial score (nSPS) is 14.8. The lowest BCUT2D eigenvalue weighted by atomic mass is 10.2. The van der Waals surface area contributed by atoms with Gasteiger partial charge in [0.2, 0.25) is 5.78 Å². The maximum atomic E-state index is 12.7. The third-order valence-corrected chi connectivity index (χ3v) is 6.11. The second-order valence-electron chi connectivity index (χ2n) is 6.86. The molecule has 3 heterocycles. The SMILES string of the molecule is CN1CCN(c2ccc(Nc3nc(N)c(C(=O)c4ncccc4Cl)s3)cc2)CC1. The van der Waals surface area contributed by atoms with Gasteiger partial charge in [-0.05, 0) is 43.4 Å². The van der Waals surface area contributed by atoms with Crippen LogP contribution in [0.2, 0.25) is 5.02 Å². The Morgan fingerprint density at radius 2 is 1.90 bits per heavy atom. The highest BCUT2D eigenvalue weighted by Gasteiger charge is 2.21. The van der Waals surface area contributed by atoms with Gasteiger partial charge in [0.25, 0.3) is 0 Å². The molecule has 9 heteroatoms.